The zero-order valence-corrected chi connectivity index (χ0v) is 13.9. The largest absolute Gasteiger partial charge is 0.243 e. The molecule has 0 atom stereocenters. The van der Waals surface area contributed by atoms with Crippen molar-refractivity contribution in [2.24, 2.45) is 0 Å². The molecule has 0 aliphatic carbocycles. The molecule has 0 saturated heterocycles. The van der Waals surface area contributed by atoms with Crippen molar-refractivity contribution in [2.45, 2.75) is 11.4 Å². The van der Waals surface area contributed by atoms with Crippen LogP contribution in [-0.4, -0.2) is 19.8 Å². The monoisotopic (exact) mass is 373 g/mol. The molecule has 0 amide bonds. The Balaban J connectivity index is 2.26. The van der Waals surface area contributed by atoms with Crippen LogP contribution >= 0.6 is 27.5 Å². The molecule has 0 bridgehead atoms. The number of rotatable bonds is 4. The van der Waals surface area contributed by atoms with Crippen LogP contribution in [0.3, 0.4) is 0 Å². The van der Waals surface area contributed by atoms with Crippen molar-refractivity contribution >= 4 is 37.6 Å². The Morgan fingerprint density at radius 2 is 1.70 bits per heavy atom. The van der Waals surface area contributed by atoms with Gasteiger partial charge in [0.15, 0.2) is 0 Å². The summed E-state index contributed by atoms with van der Waals surface area (Å²) in [6.45, 7) is 0.234. The van der Waals surface area contributed by atoms with Gasteiger partial charge in [0.2, 0.25) is 10.0 Å². The first-order valence-corrected chi connectivity index (χ1v) is 8.47. The van der Waals surface area contributed by atoms with Gasteiger partial charge in [-0.3, -0.25) is 0 Å². The quantitative estimate of drug-likeness (QED) is 0.813. The maximum absolute atomic E-state index is 12.4. The second-order valence-electron chi connectivity index (χ2n) is 4.31. The molecule has 2 rings (SSSR count). The molecule has 20 heavy (non-hydrogen) atoms. The first kappa shape index (κ1) is 15.5. The molecule has 2 aromatic carbocycles. The van der Waals surface area contributed by atoms with E-state index in [-0.39, 0.29) is 11.4 Å². The predicted octanol–water partition coefficient (Wildman–Crippen LogP) is 3.92. The highest BCUT2D eigenvalue weighted by molar-refractivity contribution is 9.10. The third-order valence-electron chi connectivity index (χ3n) is 2.87. The van der Waals surface area contributed by atoms with E-state index in [1.165, 1.54) is 4.31 Å². The van der Waals surface area contributed by atoms with Gasteiger partial charge in [0, 0.05) is 23.1 Å². The van der Waals surface area contributed by atoms with E-state index in [2.05, 4.69) is 15.9 Å². The number of hydrogen-bond donors (Lipinski definition) is 0. The Labute approximate surface area is 132 Å². The molecule has 0 heterocycles. The van der Waals surface area contributed by atoms with E-state index in [0.717, 1.165) is 10.0 Å². The molecule has 0 radical (unpaired) electrons. The average Bonchev–Trinajstić information content (AvgIpc) is 2.41. The lowest BCUT2D eigenvalue weighted by atomic mass is 10.2. The highest BCUT2D eigenvalue weighted by Gasteiger charge is 2.21. The molecule has 0 unspecified atom stereocenters. The normalized spacial score (nSPS) is 11.8. The fourth-order valence-electron chi connectivity index (χ4n) is 1.74. The second-order valence-corrected chi connectivity index (χ2v) is 7.67. The lowest BCUT2D eigenvalue weighted by molar-refractivity contribution is 0.467. The molecule has 2 aromatic rings. The summed E-state index contributed by atoms with van der Waals surface area (Å²) < 4.78 is 27.0. The van der Waals surface area contributed by atoms with Crippen molar-refractivity contribution in [1.82, 2.24) is 4.31 Å². The van der Waals surface area contributed by atoms with E-state index in [1.54, 1.807) is 37.4 Å². The van der Waals surface area contributed by atoms with Gasteiger partial charge in [-0.25, -0.2) is 8.42 Å². The third kappa shape index (κ3) is 3.41. The summed E-state index contributed by atoms with van der Waals surface area (Å²) in [7, 11) is -1.97. The van der Waals surface area contributed by atoms with Crippen LogP contribution in [0.1, 0.15) is 5.56 Å². The van der Waals surface area contributed by atoms with E-state index in [0.29, 0.717) is 5.02 Å². The highest BCUT2D eigenvalue weighted by atomic mass is 79.9. The molecular formula is C14H13BrClNO2S. The number of sulfonamides is 1. The van der Waals surface area contributed by atoms with Crippen LogP contribution in [0.4, 0.5) is 0 Å². The van der Waals surface area contributed by atoms with Crippen molar-refractivity contribution < 1.29 is 8.42 Å². The molecule has 6 heteroatoms. The van der Waals surface area contributed by atoms with Crippen molar-refractivity contribution in [3.05, 3.63) is 63.6 Å². The van der Waals surface area contributed by atoms with E-state index in [9.17, 15) is 8.42 Å². The Bertz CT molecular complexity index is 701. The van der Waals surface area contributed by atoms with Gasteiger partial charge in [-0.1, -0.05) is 45.7 Å². The summed E-state index contributed by atoms with van der Waals surface area (Å²) >= 11 is 9.34. The zero-order valence-electron chi connectivity index (χ0n) is 10.8. The van der Waals surface area contributed by atoms with Crippen LogP contribution in [0.25, 0.3) is 0 Å². The SMILES string of the molecule is CN(Cc1ccccc1Cl)S(=O)(=O)c1ccc(Br)cc1. The molecule has 0 fully saturated rings. The van der Waals surface area contributed by atoms with Crippen molar-refractivity contribution in [3.63, 3.8) is 0 Å². The maximum Gasteiger partial charge on any atom is 0.243 e. The molecule has 3 nitrogen and oxygen atoms in total. The minimum atomic E-state index is -3.52. The standard InChI is InChI=1S/C14H13BrClNO2S/c1-17(10-11-4-2-3-5-14(11)16)20(18,19)13-8-6-12(15)7-9-13/h2-9H,10H2,1H3. The molecule has 0 aliphatic rings. The van der Waals surface area contributed by atoms with E-state index in [4.69, 9.17) is 11.6 Å². The molecule has 106 valence electrons. The number of halogens is 2. The lowest BCUT2D eigenvalue weighted by Crippen LogP contribution is -2.26. The van der Waals surface area contributed by atoms with Gasteiger partial charge in [0.25, 0.3) is 0 Å². The van der Waals surface area contributed by atoms with Gasteiger partial charge >= 0.3 is 0 Å². The van der Waals surface area contributed by atoms with Crippen LogP contribution < -0.4 is 0 Å². The van der Waals surface area contributed by atoms with Gasteiger partial charge in [0.1, 0.15) is 0 Å². The minimum Gasteiger partial charge on any atom is -0.207 e. The van der Waals surface area contributed by atoms with Crippen LogP contribution in [-0.2, 0) is 16.6 Å². The van der Waals surface area contributed by atoms with E-state index < -0.39 is 10.0 Å². The maximum atomic E-state index is 12.4. The summed E-state index contributed by atoms with van der Waals surface area (Å²) in [5.41, 5.74) is 0.775. The summed E-state index contributed by atoms with van der Waals surface area (Å²) in [6, 6.07) is 13.8. The topological polar surface area (TPSA) is 37.4 Å². The second kappa shape index (κ2) is 6.26. The smallest absolute Gasteiger partial charge is 0.207 e. The van der Waals surface area contributed by atoms with E-state index >= 15 is 0 Å². The Morgan fingerprint density at radius 1 is 1.10 bits per heavy atom. The van der Waals surface area contributed by atoms with Gasteiger partial charge < -0.3 is 0 Å². The Morgan fingerprint density at radius 3 is 2.30 bits per heavy atom. The van der Waals surface area contributed by atoms with Gasteiger partial charge in [-0.15, -0.1) is 0 Å². The predicted molar refractivity (Wildman–Crippen MR) is 84.2 cm³/mol. The third-order valence-corrected chi connectivity index (χ3v) is 5.59. The number of nitrogens with zero attached hydrogens (tertiary/aromatic N) is 1. The molecule has 0 aliphatic heterocycles. The first-order valence-electron chi connectivity index (χ1n) is 5.86. The van der Waals surface area contributed by atoms with Crippen LogP contribution in [0.5, 0.6) is 0 Å². The number of benzene rings is 2. The summed E-state index contributed by atoms with van der Waals surface area (Å²) in [4.78, 5) is 0.259. The fourth-order valence-corrected chi connectivity index (χ4v) is 3.35. The molecular weight excluding hydrogens is 362 g/mol. The Kier molecular flexibility index (Phi) is 4.86. The number of hydrogen-bond acceptors (Lipinski definition) is 2. The van der Waals surface area contributed by atoms with Crippen molar-refractivity contribution in [2.75, 3.05) is 7.05 Å². The van der Waals surface area contributed by atoms with Crippen LogP contribution in [0, 0.1) is 0 Å². The lowest BCUT2D eigenvalue weighted by Gasteiger charge is -2.18. The minimum absolute atomic E-state index is 0.234. The molecule has 0 N–H and O–H groups in total. The van der Waals surface area contributed by atoms with E-state index in [1.807, 2.05) is 18.2 Å². The highest BCUT2D eigenvalue weighted by Crippen LogP contribution is 2.22. The average molecular weight is 375 g/mol. The van der Waals surface area contributed by atoms with Gasteiger partial charge in [-0.05, 0) is 35.9 Å². The molecule has 0 saturated carbocycles. The molecule has 0 aromatic heterocycles. The zero-order chi connectivity index (χ0) is 14.8. The first-order chi connectivity index (χ1) is 9.41. The van der Waals surface area contributed by atoms with Gasteiger partial charge in [0.05, 0.1) is 4.90 Å². The van der Waals surface area contributed by atoms with Crippen LogP contribution in [0.2, 0.25) is 5.02 Å². The van der Waals surface area contributed by atoms with Crippen molar-refractivity contribution in [1.29, 1.82) is 0 Å². The molecule has 0 spiro atoms. The summed E-state index contributed by atoms with van der Waals surface area (Å²) in [5.74, 6) is 0. The Hall–Kier alpha value is -0.880. The summed E-state index contributed by atoms with van der Waals surface area (Å²) in [5, 5.41) is 0.561. The van der Waals surface area contributed by atoms with Crippen LogP contribution in [0.15, 0.2) is 57.9 Å². The van der Waals surface area contributed by atoms with Gasteiger partial charge in [-0.2, -0.15) is 4.31 Å². The fraction of sp³-hybridized carbons (Fsp3) is 0.143. The summed E-state index contributed by atoms with van der Waals surface area (Å²) in [6.07, 6.45) is 0. The van der Waals surface area contributed by atoms with Crippen molar-refractivity contribution in [3.8, 4) is 0 Å².